The topological polar surface area (TPSA) is 60.9 Å². The molecule has 0 heterocycles. The molecule has 5 heteroatoms. The molecule has 0 saturated carbocycles. The minimum atomic E-state index is -1.31. The molecule has 0 unspecified atom stereocenters. The third-order valence-electron chi connectivity index (χ3n) is 2.87. The summed E-state index contributed by atoms with van der Waals surface area (Å²) in [5.41, 5.74) is 2.65. The smallest absolute Gasteiger partial charge is 0.145 e. The van der Waals surface area contributed by atoms with Gasteiger partial charge in [-0.2, -0.15) is 4.40 Å². The first-order valence-electron chi connectivity index (χ1n) is 6.70. The van der Waals surface area contributed by atoms with Gasteiger partial charge in [-0.3, -0.25) is 0 Å². The van der Waals surface area contributed by atoms with E-state index < -0.39 is 11.0 Å². The fourth-order valence-corrected chi connectivity index (χ4v) is 2.84. The van der Waals surface area contributed by atoms with Crippen LogP contribution in [-0.4, -0.2) is 20.1 Å². The number of rotatable bonds is 3. The van der Waals surface area contributed by atoms with Crippen molar-refractivity contribution >= 4 is 32.6 Å². The van der Waals surface area contributed by atoms with Crippen LogP contribution in [0.15, 0.2) is 63.5 Å². The summed E-state index contributed by atoms with van der Waals surface area (Å²) in [6.45, 7) is 5.78. The predicted molar refractivity (Wildman–Crippen MR) is 97.7 cm³/mol. The van der Waals surface area contributed by atoms with Crippen LogP contribution < -0.4 is 0 Å². The highest BCUT2D eigenvalue weighted by atomic mass is 79.9. The average Bonchev–Trinajstić information content (AvgIpc) is 2.45. The third kappa shape index (κ3) is 4.60. The molecule has 0 fully saturated rings. The SMILES string of the molecule is CC(C)(C)[S@@](=O)/N=C(/c1ccccc1)c1ccccc1Br.O. The van der Waals surface area contributed by atoms with E-state index >= 15 is 0 Å². The van der Waals surface area contributed by atoms with E-state index in [2.05, 4.69) is 20.3 Å². The Balaban J connectivity index is 0.00000242. The molecule has 0 amide bonds. The second-order valence-electron chi connectivity index (χ2n) is 5.65. The van der Waals surface area contributed by atoms with Crippen molar-refractivity contribution in [1.29, 1.82) is 0 Å². The average molecular weight is 382 g/mol. The van der Waals surface area contributed by atoms with Crippen LogP contribution in [0.25, 0.3) is 0 Å². The van der Waals surface area contributed by atoms with Crippen LogP contribution in [0, 0.1) is 0 Å². The van der Waals surface area contributed by atoms with Gasteiger partial charge in [0.15, 0.2) is 0 Å². The number of hydrogen-bond acceptors (Lipinski definition) is 1. The predicted octanol–water partition coefficient (Wildman–Crippen LogP) is 3.92. The highest BCUT2D eigenvalue weighted by molar-refractivity contribution is 9.10. The Bertz CT molecular complexity index is 679. The van der Waals surface area contributed by atoms with Crippen LogP contribution in [-0.2, 0) is 11.0 Å². The maximum absolute atomic E-state index is 12.4. The first kappa shape index (κ1) is 18.7. The molecule has 22 heavy (non-hydrogen) atoms. The van der Waals surface area contributed by atoms with Gasteiger partial charge in [-0.1, -0.05) is 64.5 Å². The molecular weight excluding hydrogens is 362 g/mol. The third-order valence-corrected chi connectivity index (χ3v) is 4.96. The Morgan fingerprint density at radius 2 is 1.55 bits per heavy atom. The van der Waals surface area contributed by atoms with Crippen LogP contribution >= 0.6 is 15.9 Å². The van der Waals surface area contributed by atoms with E-state index in [1.54, 1.807) is 0 Å². The summed E-state index contributed by atoms with van der Waals surface area (Å²) in [5.74, 6) is 0. The Morgan fingerprint density at radius 3 is 2.09 bits per heavy atom. The molecule has 2 aromatic rings. The van der Waals surface area contributed by atoms with Crippen molar-refractivity contribution in [2.24, 2.45) is 4.40 Å². The van der Waals surface area contributed by atoms with E-state index in [-0.39, 0.29) is 10.2 Å². The van der Waals surface area contributed by atoms with Gasteiger partial charge in [-0.15, -0.1) is 0 Å². The minimum Gasteiger partial charge on any atom is -0.412 e. The highest BCUT2D eigenvalue weighted by Crippen LogP contribution is 2.23. The van der Waals surface area contributed by atoms with Crippen LogP contribution in [0.1, 0.15) is 31.9 Å². The van der Waals surface area contributed by atoms with Crippen molar-refractivity contribution in [3.05, 3.63) is 70.2 Å². The normalized spacial score (nSPS) is 13.4. The molecule has 0 radical (unpaired) electrons. The van der Waals surface area contributed by atoms with Gasteiger partial charge in [0.25, 0.3) is 0 Å². The quantitative estimate of drug-likeness (QED) is 0.742. The molecule has 0 bridgehead atoms. The Hall–Kier alpha value is -1.30. The zero-order valence-corrected chi connectivity index (χ0v) is 15.2. The maximum Gasteiger partial charge on any atom is 0.145 e. The molecule has 3 nitrogen and oxygen atoms in total. The summed E-state index contributed by atoms with van der Waals surface area (Å²) in [6.07, 6.45) is 0. The van der Waals surface area contributed by atoms with Gasteiger partial charge >= 0.3 is 0 Å². The van der Waals surface area contributed by atoms with Gasteiger partial charge in [0.1, 0.15) is 11.0 Å². The lowest BCUT2D eigenvalue weighted by Gasteiger charge is -2.16. The maximum atomic E-state index is 12.4. The zero-order valence-electron chi connectivity index (χ0n) is 12.8. The van der Waals surface area contributed by atoms with Crippen LogP contribution in [0.4, 0.5) is 0 Å². The summed E-state index contributed by atoms with van der Waals surface area (Å²) in [4.78, 5) is 0. The molecule has 2 N–H and O–H groups in total. The Morgan fingerprint density at radius 1 is 1.00 bits per heavy atom. The summed E-state index contributed by atoms with van der Waals surface area (Å²) >= 11 is 3.55. The van der Waals surface area contributed by atoms with E-state index in [1.807, 2.05) is 75.4 Å². The first-order valence-corrected chi connectivity index (χ1v) is 8.60. The molecule has 0 aliphatic heterocycles. The van der Waals surface area contributed by atoms with Crippen LogP contribution in [0.5, 0.6) is 0 Å². The summed E-state index contributed by atoms with van der Waals surface area (Å²) in [7, 11) is -1.31. The molecule has 118 valence electrons. The molecule has 0 spiro atoms. The molecule has 2 rings (SSSR count). The van der Waals surface area contributed by atoms with Gasteiger partial charge in [-0.25, -0.2) is 4.21 Å². The van der Waals surface area contributed by atoms with E-state index in [4.69, 9.17) is 0 Å². The molecular formula is C17H20BrNO2S. The van der Waals surface area contributed by atoms with E-state index in [0.717, 1.165) is 21.3 Å². The van der Waals surface area contributed by atoms with E-state index in [9.17, 15) is 4.21 Å². The molecule has 2 aromatic carbocycles. The standard InChI is InChI=1S/C17H18BrNOS.H2O/c1-17(2,3)21(20)19-16(13-9-5-4-6-10-13)14-11-7-8-12-15(14)18;/h4-12H,1-3H3;1H2/b19-16-;/t21-;/m1./s1. The van der Waals surface area contributed by atoms with E-state index in [0.29, 0.717) is 0 Å². The van der Waals surface area contributed by atoms with Gasteiger partial charge in [0, 0.05) is 15.6 Å². The van der Waals surface area contributed by atoms with Crippen molar-refractivity contribution < 1.29 is 9.69 Å². The van der Waals surface area contributed by atoms with Gasteiger partial charge < -0.3 is 5.48 Å². The van der Waals surface area contributed by atoms with Crippen molar-refractivity contribution in [3.8, 4) is 0 Å². The fraction of sp³-hybridized carbons (Fsp3) is 0.235. The number of benzene rings is 2. The number of hydrogen-bond donors (Lipinski definition) is 0. The summed E-state index contributed by atoms with van der Waals surface area (Å²) in [5, 5.41) is 0. The van der Waals surface area contributed by atoms with Crippen LogP contribution in [0.3, 0.4) is 0 Å². The van der Waals surface area contributed by atoms with Crippen LogP contribution in [0.2, 0.25) is 0 Å². The molecule has 0 saturated heterocycles. The number of nitrogens with zero attached hydrogens (tertiary/aromatic N) is 1. The molecule has 1 atom stereocenters. The van der Waals surface area contributed by atoms with Crippen molar-refractivity contribution in [2.75, 3.05) is 0 Å². The largest absolute Gasteiger partial charge is 0.412 e. The lowest BCUT2D eigenvalue weighted by molar-refractivity contribution is 0.650. The first-order chi connectivity index (χ1) is 9.89. The Kier molecular flexibility index (Phi) is 6.66. The van der Waals surface area contributed by atoms with Crippen molar-refractivity contribution in [1.82, 2.24) is 0 Å². The number of halogens is 1. The van der Waals surface area contributed by atoms with Crippen molar-refractivity contribution in [3.63, 3.8) is 0 Å². The summed E-state index contributed by atoms with van der Waals surface area (Å²) < 4.78 is 17.5. The lowest BCUT2D eigenvalue weighted by atomic mass is 10.0. The second-order valence-corrected chi connectivity index (χ2v) is 8.41. The van der Waals surface area contributed by atoms with Gasteiger partial charge in [-0.05, 0) is 26.8 Å². The van der Waals surface area contributed by atoms with Crippen molar-refractivity contribution in [2.45, 2.75) is 25.5 Å². The highest BCUT2D eigenvalue weighted by Gasteiger charge is 2.21. The molecule has 0 aliphatic rings. The molecule has 0 aromatic heterocycles. The zero-order chi connectivity index (χ0) is 15.5. The molecule has 0 aliphatic carbocycles. The minimum absolute atomic E-state index is 0. The summed E-state index contributed by atoms with van der Waals surface area (Å²) in [6, 6.07) is 17.7. The lowest BCUT2D eigenvalue weighted by Crippen LogP contribution is -2.21. The van der Waals surface area contributed by atoms with Gasteiger partial charge in [0.2, 0.25) is 0 Å². The second kappa shape index (κ2) is 7.81. The monoisotopic (exact) mass is 381 g/mol. The van der Waals surface area contributed by atoms with Gasteiger partial charge in [0.05, 0.1) is 10.5 Å². The fourth-order valence-electron chi connectivity index (χ4n) is 1.73. The van der Waals surface area contributed by atoms with E-state index in [1.165, 1.54) is 0 Å². The Labute approximate surface area is 142 Å².